The number of carbonyl (C=O) groups is 3. The van der Waals surface area contributed by atoms with Crippen LogP contribution in [0.25, 0.3) is 0 Å². The Bertz CT molecular complexity index is 911. The van der Waals surface area contributed by atoms with Crippen LogP contribution in [0.2, 0.25) is 0 Å². The Morgan fingerprint density at radius 2 is 0.661 bits per heavy atom. The van der Waals surface area contributed by atoms with E-state index >= 15 is 0 Å². The van der Waals surface area contributed by atoms with Crippen LogP contribution in [-0.2, 0) is 28.6 Å². The van der Waals surface area contributed by atoms with Crippen molar-refractivity contribution in [1.29, 1.82) is 0 Å². The third kappa shape index (κ3) is 43.0. The summed E-state index contributed by atoms with van der Waals surface area (Å²) in [6.45, 7) is 6.59. The molecule has 0 radical (unpaired) electrons. The number of rotatable bonds is 44. The minimum atomic E-state index is -0.769. The van der Waals surface area contributed by atoms with E-state index in [0.717, 1.165) is 77.0 Å². The molecule has 0 spiro atoms. The van der Waals surface area contributed by atoms with E-state index in [9.17, 15) is 14.4 Å². The first kappa shape index (κ1) is 53.9. The van der Waals surface area contributed by atoms with Crippen molar-refractivity contribution in [3.63, 3.8) is 0 Å². The zero-order chi connectivity index (χ0) is 40.8. The SMILES string of the molecule is CCCC/C=C\C/C=C\CCCCCCCC(=O)OCC(COC(=O)CCCCCCCCCCCCC)OC(=O)CCCCCCCCCCCCCCC. The molecule has 6 heteroatoms. The molecular formula is C50H92O6. The number of esters is 3. The second kappa shape index (κ2) is 45.6. The van der Waals surface area contributed by atoms with Gasteiger partial charge in [0.05, 0.1) is 0 Å². The normalized spacial score (nSPS) is 12.1. The van der Waals surface area contributed by atoms with Crippen LogP contribution in [0.4, 0.5) is 0 Å². The van der Waals surface area contributed by atoms with Gasteiger partial charge in [-0.15, -0.1) is 0 Å². The minimum Gasteiger partial charge on any atom is -0.462 e. The molecule has 0 fully saturated rings. The van der Waals surface area contributed by atoms with Crippen molar-refractivity contribution in [1.82, 2.24) is 0 Å². The molecule has 0 rings (SSSR count). The van der Waals surface area contributed by atoms with Gasteiger partial charge in [-0.25, -0.2) is 0 Å². The molecule has 0 aromatic carbocycles. The Morgan fingerprint density at radius 1 is 0.357 bits per heavy atom. The van der Waals surface area contributed by atoms with Crippen LogP contribution < -0.4 is 0 Å². The highest BCUT2D eigenvalue weighted by Gasteiger charge is 2.19. The number of allylic oxidation sites excluding steroid dienone is 4. The topological polar surface area (TPSA) is 78.9 Å². The Morgan fingerprint density at radius 3 is 1.04 bits per heavy atom. The van der Waals surface area contributed by atoms with E-state index in [1.54, 1.807) is 0 Å². The molecule has 1 unspecified atom stereocenters. The van der Waals surface area contributed by atoms with Gasteiger partial charge in [-0.1, -0.05) is 218 Å². The van der Waals surface area contributed by atoms with Gasteiger partial charge >= 0.3 is 17.9 Å². The summed E-state index contributed by atoms with van der Waals surface area (Å²) in [6, 6.07) is 0. The summed E-state index contributed by atoms with van der Waals surface area (Å²) >= 11 is 0. The summed E-state index contributed by atoms with van der Waals surface area (Å²) in [7, 11) is 0. The van der Waals surface area contributed by atoms with E-state index in [4.69, 9.17) is 14.2 Å². The summed E-state index contributed by atoms with van der Waals surface area (Å²) in [5.74, 6) is -0.877. The van der Waals surface area contributed by atoms with Crippen molar-refractivity contribution in [2.24, 2.45) is 0 Å². The van der Waals surface area contributed by atoms with Gasteiger partial charge in [-0.2, -0.15) is 0 Å². The number of ether oxygens (including phenoxy) is 3. The predicted molar refractivity (Wildman–Crippen MR) is 238 cm³/mol. The Balaban J connectivity index is 4.36. The van der Waals surface area contributed by atoms with E-state index in [2.05, 4.69) is 45.1 Å². The van der Waals surface area contributed by atoms with Crippen molar-refractivity contribution in [3.8, 4) is 0 Å². The maximum absolute atomic E-state index is 12.7. The van der Waals surface area contributed by atoms with Crippen LogP contribution >= 0.6 is 0 Å². The molecular weight excluding hydrogens is 697 g/mol. The lowest BCUT2D eigenvalue weighted by Crippen LogP contribution is -2.30. The van der Waals surface area contributed by atoms with Crippen molar-refractivity contribution < 1.29 is 28.6 Å². The average molecular weight is 789 g/mol. The van der Waals surface area contributed by atoms with Gasteiger partial charge in [0.25, 0.3) is 0 Å². The van der Waals surface area contributed by atoms with Crippen LogP contribution in [0.3, 0.4) is 0 Å². The van der Waals surface area contributed by atoms with Crippen LogP contribution in [0, 0.1) is 0 Å². The molecule has 0 aliphatic carbocycles. The van der Waals surface area contributed by atoms with E-state index in [1.807, 2.05) is 0 Å². The highest BCUT2D eigenvalue weighted by molar-refractivity contribution is 5.71. The maximum Gasteiger partial charge on any atom is 0.306 e. The predicted octanol–water partition coefficient (Wildman–Crippen LogP) is 15.6. The zero-order valence-corrected chi connectivity index (χ0v) is 37.4. The quantitative estimate of drug-likeness (QED) is 0.0265. The molecule has 0 saturated carbocycles. The molecule has 328 valence electrons. The lowest BCUT2D eigenvalue weighted by Gasteiger charge is -2.18. The zero-order valence-electron chi connectivity index (χ0n) is 37.4. The molecule has 0 aromatic rings. The van der Waals surface area contributed by atoms with Gasteiger partial charge in [-0.3, -0.25) is 14.4 Å². The van der Waals surface area contributed by atoms with E-state index in [-0.39, 0.29) is 31.1 Å². The molecule has 56 heavy (non-hydrogen) atoms. The second-order valence-corrected chi connectivity index (χ2v) is 16.4. The molecule has 0 amide bonds. The molecule has 0 N–H and O–H groups in total. The third-order valence-electron chi connectivity index (χ3n) is 10.7. The molecule has 1 atom stereocenters. The smallest absolute Gasteiger partial charge is 0.306 e. The third-order valence-corrected chi connectivity index (χ3v) is 10.7. The lowest BCUT2D eigenvalue weighted by atomic mass is 10.0. The molecule has 0 aliphatic heterocycles. The molecule has 0 bridgehead atoms. The molecule has 0 heterocycles. The van der Waals surface area contributed by atoms with Crippen LogP contribution in [-0.4, -0.2) is 37.2 Å². The van der Waals surface area contributed by atoms with Crippen LogP contribution in [0.5, 0.6) is 0 Å². The van der Waals surface area contributed by atoms with Crippen molar-refractivity contribution in [2.45, 2.75) is 264 Å². The Labute approximate surface area is 347 Å². The van der Waals surface area contributed by atoms with Gasteiger partial charge in [0.1, 0.15) is 13.2 Å². The highest BCUT2D eigenvalue weighted by Crippen LogP contribution is 2.15. The van der Waals surface area contributed by atoms with Crippen molar-refractivity contribution in [2.75, 3.05) is 13.2 Å². The van der Waals surface area contributed by atoms with E-state index < -0.39 is 6.10 Å². The molecule has 0 saturated heterocycles. The van der Waals surface area contributed by atoms with E-state index in [0.29, 0.717) is 19.3 Å². The fourth-order valence-electron chi connectivity index (χ4n) is 6.99. The van der Waals surface area contributed by atoms with Crippen LogP contribution in [0.1, 0.15) is 258 Å². The van der Waals surface area contributed by atoms with Gasteiger partial charge in [-0.05, 0) is 44.9 Å². The maximum atomic E-state index is 12.7. The van der Waals surface area contributed by atoms with Crippen LogP contribution in [0.15, 0.2) is 24.3 Å². The first-order valence-electron chi connectivity index (χ1n) is 24.3. The minimum absolute atomic E-state index is 0.0713. The summed E-state index contributed by atoms with van der Waals surface area (Å²) in [5.41, 5.74) is 0. The summed E-state index contributed by atoms with van der Waals surface area (Å²) in [6.07, 6.45) is 50.1. The fraction of sp³-hybridized carbons (Fsp3) is 0.860. The summed E-state index contributed by atoms with van der Waals surface area (Å²) in [5, 5.41) is 0. The summed E-state index contributed by atoms with van der Waals surface area (Å²) in [4.78, 5) is 37.8. The standard InChI is InChI=1S/C50H92O6/c1-4-7-10-13-16-19-22-24-26-28-31-34-37-40-43-49(52)55-46-47(45-54-48(51)42-39-36-33-30-27-21-18-15-12-9-6-3)56-50(53)44-41-38-35-32-29-25-23-20-17-14-11-8-5-2/h13,16,22,24,47H,4-12,14-15,17-21,23,25-46H2,1-3H3/b16-13-,24-22-. The van der Waals surface area contributed by atoms with Crippen molar-refractivity contribution in [3.05, 3.63) is 24.3 Å². The Hall–Kier alpha value is -2.11. The monoisotopic (exact) mass is 789 g/mol. The van der Waals surface area contributed by atoms with Gasteiger partial charge in [0, 0.05) is 19.3 Å². The first-order chi connectivity index (χ1) is 27.5. The average Bonchev–Trinajstić information content (AvgIpc) is 3.19. The number of hydrogen-bond donors (Lipinski definition) is 0. The molecule has 0 aromatic heterocycles. The van der Waals surface area contributed by atoms with Gasteiger partial charge in [0.15, 0.2) is 6.10 Å². The lowest BCUT2D eigenvalue weighted by molar-refractivity contribution is -0.167. The summed E-state index contributed by atoms with van der Waals surface area (Å²) < 4.78 is 16.7. The Kier molecular flexibility index (Phi) is 43.9. The second-order valence-electron chi connectivity index (χ2n) is 16.4. The number of hydrogen-bond acceptors (Lipinski definition) is 6. The molecule has 0 aliphatic rings. The van der Waals surface area contributed by atoms with E-state index in [1.165, 1.54) is 141 Å². The number of unbranched alkanes of at least 4 members (excludes halogenated alkanes) is 29. The fourth-order valence-corrected chi connectivity index (χ4v) is 6.99. The molecule has 6 nitrogen and oxygen atoms in total. The van der Waals surface area contributed by atoms with Gasteiger partial charge in [0.2, 0.25) is 0 Å². The first-order valence-corrected chi connectivity index (χ1v) is 24.3. The highest BCUT2D eigenvalue weighted by atomic mass is 16.6. The largest absolute Gasteiger partial charge is 0.462 e. The van der Waals surface area contributed by atoms with Crippen molar-refractivity contribution >= 4 is 17.9 Å². The van der Waals surface area contributed by atoms with Gasteiger partial charge < -0.3 is 14.2 Å². The number of carbonyl (C=O) groups excluding carboxylic acids is 3.